The summed E-state index contributed by atoms with van der Waals surface area (Å²) in [7, 11) is 4.13. The summed E-state index contributed by atoms with van der Waals surface area (Å²) in [5.74, 6) is 1.74. The van der Waals surface area contributed by atoms with Crippen LogP contribution in [0.3, 0.4) is 0 Å². The topological polar surface area (TPSA) is 12.5 Å². The molecule has 0 saturated heterocycles. The van der Waals surface area contributed by atoms with Crippen LogP contribution in [0.15, 0.2) is 54.6 Å². The second-order valence-electron chi connectivity index (χ2n) is 4.30. The Morgan fingerprint density at radius 1 is 0.833 bits per heavy atom. The summed E-state index contributed by atoms with van der Waals surface area (Å²) in [4.78, 5) is 2.15. The molecule has 0 aromatic heterocycles. The van der Waals surface area contributed by atoms with Crippen molar-refractivity contribution in [3.05, 3.63) is 60.2 Å². The average Bonchev–Trinajstić information content (AvgIpc) is 2.32. The molecule has 96 valence electrons. The highest BCUT2D eigenvalue weighted by molar-refractivity contribution is 8.93. The van der Waals surface area contributed by atoms with Crippen LogP contribution in [0.25, 0.3) is 0 Å². The van der Waals surface area contributed by atoms with E-state index in [1.807, 2.05) is 42.5 Å². The maximum Gasteiger partial charge on any atom is 0.127 e. The highest BCUT2D eigenvalue weighted by Crippen LogP contribution is 2.21. The minimum atomic E-state index is 0. The number of hydrogen-bond acceptors (Lipinski definition) is 2. The molecule has 18 heavy (non-hydrogen) atoms. The number of hydrogen-bond donors (Lipinski definition) is 0. The van der Waals surface area contributed by atoms with Crippen LogP contribution in [0.5, 0.6) is 11.5 Å². The molecule has 2 nitrogen and oxygen atoms in total. The minimum absolute atomic E-state index is 0. The van der Waals surface area contributed by atoms with Crippen molar-refractivity contribution in [2.45, 2.75) is 6.54 Å². The molecule has 2 rings (SSSR count). The van der Waals surface area contributed by atoms with Crippen LogP contribution in [-0.2, 0) is 6.54 Å². The Labute approximate surface area is 119 Å². The van der Waals surface area contributed by atoms with Gasteiger partial charge in [-0.05, 0) is 43.9 Å². The van der Waals surface area contributed by atoms with Gasteiger partial charge >= 0.3 is 0 Å². The molecule has 0 spiro atoms. The van der Waals surface area contributed by atoms with Crippen molar-refractivity contribution < 1.29 is 4.74 Å². The fourth-order valence-corrected chi connectivity index (χ4v) is 1.65. The van der Waals surface area contributed by atoms with Gasteiger partial charge in [0.1, 0.15) is 11.5 Å². The van der Waals surface area contributed by atoms with Crippen molar-refractivity contribution in [1.29, 1.82) is 0 Å². The maximum atomic E-state index is 5.72. The van der Waals surface area contributed by atoms with Gasteiger partial charge in [-0.3, -0.25) is 0 Å². The molecule has 0 unspecified atom stereocenters. The first-order valence-corrected chi connectivity index (χ1v) is 5.70. The summed E-state index contributed by atoms with van der Waals surface area (Å²) in [6, 6.07) is 18.0. The predicted octanol–water partition coefficient (Wildman–Crippen LogP) is 4.12. The normalized spacial score (nSPS) is 9.94. The third kappa shape index (κ3) is 4.51. The first kappa shape index (κ1) is 14.7. The smallest absolute Gasteiger partial charge is 0.127 e. The quantitative estimate of drug-likeness (QED) is 0.842. The molecule has 0 bridgehead atoms. The molecule has 0 saturated carbocycles. The highest BCUT2D eigenvalue weighted by Gasteiger charge is 1.98. The predicted molar refractivity (Wildman–Crippen MR) is 80.7 cm³/mol. The van der Waals surface area contributed by atoms with E-state index >= 15 is 0 Å². The van der Waals surface area contributed by atoms with Crippen molar-refractivity contribution in [2.75, 3.05) is 14.1 Å². The second kappa shape index (κ2) is 7.19. The summed E-state index contributed by atoms with van der Waals surface area (Å²) < 4.78 is 5.72. The molecule has 0 amide bonds. The maximum absolute atomic E-state index is 5.72. The third-order valence-corrected chi connectivity index (χ3v) is 2.40. The lowest BCUT2D eigenvalue weighted by Crippen LogP contribution is -2.10. The van der Waals surface area contributed by atoms with E-state index in [-0.39, 0.29) is 17.0 Å². The summed E-state index contributed by atoms with van der Waals surface area (Å²) in [5, 5.41) is 0. The molecule has 0 radical (unpaired) electrons. The number of rotatable bonds is 4. The second-order valence-corrected chi connectivity index (χ2v) is 4.30. The molecule has 0 aliphatic rings. The van der Waals surface area contributed by atoms with Gasteiger partial charge in [-0.2, -0.15) is 0 Å². The van der Waals surface area contributed by atoms with Crippen LogP contribution in [-0.4, -0.2) is 19.0 Å². The fourth-order valence-electron chi connectivity index (χ4n) is 1.65. The molecule has 3 heteroatoms. The zero-order valence-electron chi connectivity index (χ0n) is 10.7. The average molecular weight is 308 g/mol. The zero-order valence-corrected chi connectivity index (χ0v) is 12.4. The van der Waals surface area contributed by atoms with Crippen LogP contribution in [0.2, 0.25) is 0 Å². The van der Waals surface area contributed by atoms with E-state index in [2.05, 4.69) is 31.1 Å². The van der Waals surface area contributed by atoms with E-state index in [0.717, 1.165) is 18.0 Å². The summed E-state index contributed by atoms with van der Waals surface area (Å²) in [6.45, 7) is 0.950. The molecular formula is C15H18BrNO. The number of halogens is 1. The Morgan fingerprint density at radius 2 is 1.39 bits per heavy atom. The number of para-hydroxylation sites is 1. The standard InChI is InChI=1S/C15H17NO.BrH/c1-16(2)12-13-8-10-15(11-9-13)17-14-6-4-3-5-7-14;/h3-11H,12H2,1-2H3;1H. The molecular weight excluding hydrogens is 290 g/mol. The highest BCUT2D eigenvalue weighted by atomic mass is 79.9. The first-order chi connectivity index (χ1) is 8.24. The first-order valence-electron chi connectivity index (χ1n) is 5.70. The Kier molecular flexibility index (Phi) is 5.89. The van der Waals surface area contributed by atoms with Crippen LogP contribution in [0.1, 0.15) is 5.56 Å². The van der Waals surface area contributed by atoms with Crippen molar-refractivity contribution in [2.24, 2.45) is 0 Å². The molecule has 0 aliphatic heterocycles. The van der Waals surface area contributed by atoms with Gasteiger partial charge < -0.3 is 9.64 Å². The number of nitrogens with zero attached hydrogens (tertiary/aromatic N) is 1. The third-order valence-electron chi connectivity index (χ3n) is 2.40. The summed E-state index contributed by atoms with van der Waals surface area (Å²) in [6.07, 6.45) is 0. The lowest BCUT2D eigenvalue weighted by atomic mass is 10.2. The van der Waals surface area contributed by atoms with Gasteiger partial charge in [-0.25, -0.2) is 0 Å². The Morgan fingerprint density at radius 3 is 1.94 bits per heavy atom. The molecule has 0 atom stereocenters. The molecule has 2 aromatic carbocycles. The number of benzene rings is 2. The van der Waals surface area contributed by atoms with Crippen LogP contribution in [0, 0.1) is 0 Å². The summed E-state index contributed by atoms with van der Waals surface area (Å²) in [5.41, 5.74) is 1.29. The van der Waals surface area contributed by atoms with Gasteiger partial charge in [-0.1, -0.05) is 30.3 Å². The van der Waals surface area contributed by atoms with Gasteiger partial charge in [-0.15, -0.1) is 17.0 Å². The molecule has 0 N–H and O–H groups in total. The van der Waals surface area contributed by atoms with E-state index in [1.165, 1.54) is 5.56 Å². The summed E-state index contributed by atoms with van der Waals surface area (Å²) >= 11 is 0. The van der Waals surface area contributed by atoms with Gasteiger partial charge in [0.2, 0.25) is 0 Å². The van der Waals surface area contributed by atoms with Gasteiger partial charge in [0.25, 0.3) is 0 Å². The van der Waals surface area contributed by atoms with Crippen LogP contribution < -0.4 is 4.74 Å². The Hall–Kier alpha value is -1.32. The molecule has 0 aliphatic carbocycles. The van der Waals surface area contributed by atoms with E-state index in [0.29, 0.717) is 0 Å². The van der Waals surface area contributed by atoms with Gasteiger partial charge in [0.05, 0.1) is 0 Å². The molecule has 0 heterocycles. The molecule has 0 fully saturated rings. The Balaban J connectivity index is 0.00000162. The minimum Gasteiger partial charge on any atom is -0.457 e. The van der Waals surface area contributed by atoms with Crippen molar-refractivity contribution in [3.63, 3.8) is 0 Å². The SMILES string of the molecule is Br.CN(C)Cc1ccc(Oc2ccccc2)cc1. The van der Waals surface area contributed by atoms with Crippen molar-refractivity contribution in [1.82, 2.24) is 4.90 Å². The fraction of sp³-hybridized carbons (Fsp3) is 0.200. The molecule has 2 aromatic rings. The lowest BCUT2D eigenvalue weighted by molar-refractivity contribution is 0.402. The van der Waals surface area contributed by atoms with Crippen LogP contribution in [0.4, 0.5) is 0 Å². The van der Waals surface area contributed by atoms with Crippen molar-refractivity contribution >= 4 is 17.0 Å². The largest absolute Gasteiger partial charge is 0.457 e. The van der Waals surface area contributed by atoms with E-state index in [1.54, 1.807) is 0 Å². The van der Waals surface area contributed by atoms with E-state index < -0.39 is 0 Å². The lowest BCUT2D eigenvalue weighted by Gasteiger charge is -2.10. The van der Waals surface area contributed by atoms with Crippen molar-refractivity contribution in [3.8, 4) is 11.5 Å². The van der Waals surface area contributed by atoms with Gasteiger partial charge in [0.15, 0.2) is 0 Å². The Bertz CT molecular complexity index is 454. The van der Waals surface area contributed by atoms with E-state index in [9.17, 15) is 0 Å². The monoisotopic (exact) mass is 307 g/mol. The van der Waals surface area contributed by atoms with E-state index in [4.69, 9.17) is 4.74 Å². The van der Waals surface area contributed by atoms with Gasteiger partial charge in [0, 0.05) is 6.54 Å². The zero-order chi connectivity index (χ0) is 12.1. The number of ether oxygens (including phenoxy) is 1. The van der Waals surface area contributed by atoms with Crippen LogP contribution >= 0.6 is 17.0 Å².